The smallest absolute Gasteiger partial charge is 0.143 e. The maximum atomic E-state index is 6.98. The summed E-state index contributed by atoms with van der Waals surface area (Å²) in [6, 6.07) is 189. The molecular weight excluding hydrogens is 1740 g/mol. The van der Waals surface area contributed by atoms with Gasteiger partial charge in [-0.25, -0.2) is 0 Å². The van der Waals surface area contributed by atoms with Crippen LogP contribution in [0.1, 0.15) is 0 Å². The van der Waals surface area contributed by atoms with Gasteiger partial charge in [0, 0.05) is 130 Å². The maximum absolute atomic E-state index is 6.98. The highest BCUT2D eigenvalue weighted by atomic mass is 32.1. The lowest BCUT2D eigenvalue weighted by Crippen LogP contribution is -2.14. The van der Waals surface area contributed by atoms with Crippen LogP contribution in [0, 0.1) is 0 Å². The van der Waals surface area contributed by atoms with E-state index in [9.17, 15) is 0 Å². The van der Waals surface area contributed by atoms with Gasteiger partial charge in [0.05, 0.1) is 0 Å². The zero-order valence-corrected chi connectivity index (χ0v) is 78.3. The summed E-state index contributed by atoms with van der Waals surface area (Å²) < 4.78 is 9.55. The van der Waals surface area contributed by atoms with Crippen LogP contribution in [0.2, 0.25) is 0 Å². The van der Waals surface area contributed by atoms with Crippen molar-refractivity contribution < 1.29 is 4.42 Å². The third-order valence-corrected chi connectivity index (χ3v) is 28.6. The number of para-hydroxylation sites is 3. The van der Waals surface area contributed by atoms with Gasteiger partial charge in [-0.15, -0.1) is 11.3 Å². The van der Waals surface area contributed by atoms with E-state index >= 15 is 0 Å². The minimum Gasteiger partial charge on any atom is -0.455 e. The largest absolute Gasteiger partial charge is 0.455 e. The van der Waals surface area contributed by atoms with Gasteiger partial charge >= 0.3 is 0 Å². The third-order valence-electron chi connectivity index (χ3n) is 27.4. The van der Waals surface area contributed by atoms with Crippen LogP contribution in [0.4, 0.5) is 68.2 Å². The SMILES string of the molecule is c1ccc(-c2ccc(N(c3ccc(-c4cccnc4)cc3)c3cc(-c4cccc5c4oc4ccc6ccccc6c45)cc(N(c4ccc(-c5cccnc5)cc4)c4cccc(-c5ccccc5)c4)c3)cc2)cc1.c1ccc(N(c2ccccc2)c2cc(-c3cccc4c3sc3ccc5ccccc5c34)cc(N(c3ccc(-c4ccc5ccccc5c4)cc3)c3ccc(-c4ccc5ccccc5c4)cc3)c2)cc1. The maximum Gasteiger partial charge on any atom is 0.143 e. The molecule has 0 radical (unpaired) electrons. The summed E-state index contributed by atoms with van der Waals surface area (Å²) in [5.74, 6) is 0. The first-order valence-electron chi connectivity index (χ1n) is 48.2. The molecule has 142 heavy (non-hydrogen) atoms. The molecular formula is C134H90N6OS. The van der Waals surface area contributed by atoms with Gasteiger partial charge in [0.25, 0.3) is 0 Å². The molecule has 7 nitrogen and oxygen atoms in total. The second-order valence-electron chi connectivity index (χ2n) is 36.0. The Hall–Kier alpha value is -18.6. The minimum absolute atomic E-state index is 0.843. The van der Waals surface area contributed by atoms with Crippen LogP contribution >= 0.6 is 11.3 Å². The molecule has 0 atom stereocenters. The van der Waals surface area contributed by atoms with E-state index in [1.54, 1.807) is 0 Å². The third kappa shape index (κ3) is 16.6. The van der Waals surface area contributed by atoms with E-state index in [4.69, 9.17) is 4.42 Å². The Morgan fingerprint density at radius 3 is 0.958 bits per heavy atom. The van der Waals surface area contributed by atoms with Crippen molar-refractivity contribution in [2.45, 2.75) is 0 Å². The van der Waals surface area contributed by atoms with Gasteiger partial charge in [-0.2, -0.15) is 0 Å². The predicted octanol–water partition coefficient (Wildman–Crippen LogP) is 38.3. The van der Waals surface area contributed by atoms with E-state index in [0.717, 1.165) is 146 Å². The van der Waals surface area contributed by atoms with E-state index in [2.05, 4.69) is 539 Å². The van der Waals surface area contributed by atoms with Gasteiger partial charge in [-0.1, -0.05) is 352 Å². The molecule has 0 fully saturated rings. The molecule has 0 N–H and O–H groups in total. The molecule has 0 saturated heterocycles. The Morgan fingerprint density at radius 1 is 0.176 bits per heavy atom. The molecule has 0 aliphatic rings. The first kappa shape index (κ1) is 85.1. The van der Waals surface area contributed by atoms with Gasteiger partial charge in [0.15, 0.2) is 0 Å². The number of nitrogens with zero attached hydrogens (tertiary/aromatic N) is 6. The van der Waals surface area contributed by atoms with E-state index in [0.29, 0.717) is 0 Å². The van der Waals surface area contributed by atoms with Crippen molar-refractivity contribution in [2.75, 3.05) is 19.6 Å². The minimum atomic E-state index is 0.843. The predicted molar refractivity (Wildman–Crippen MR) is 601 cm³/mol. The van der Waals surface area contributed by atoms with E-state index < -0.39 is 0 Å². The monoisotopic (exact) mass is 1830 g/mol. The van der Waals surface area contributed by atoms with Crippen molar-refractivity contribution in [3.8, 4) is 89.0 Å². The fraction of sp³-hybridized carbons (Fsp3) is 0. The molecule has 8 heteroatoms. The Balaban J connectivity index is 0.000000149. The van der Waals surface area contributed by atoms with Gasteiger partial charge < -0.3 is 24.0 Å². The molecule has 668 valence electrons. The number of fused-ring (bicyclic) bond motifs is 12. The number of furan rings is 1. The molecule has 0 unspecified atom stereocenters. The van der Waals surface area contributed by atoms with Gasteiger partial charge in [0.1, 0.15) is 11.2 Å². The molecule has 0 aliphatic carbocycles. The molecule has 4 heterocycles. The molecule has 4 aromatic heterocycles. The summed E-state index contributed by atoms with van der Waals surface area (Å²) >= 11 is 1.88. The number of hydrogen-bond donors (Lipinski definition) is 0. The molecule has 26 rings (SSSR count). The van der Waals surface area contributed by atoms with E-state index in [1.165, 1.54) is 96.6 Å². The molecule has 0 spiro atoms. The average Bonchev–Trinajstić information content (AvgIpc) is 1.60. The number of benzene rings is 22. The summed E-state index contributed by atoms with van der Waals surface area (Å²) in [6.07, 6.45) is 7.45. The summed E-state index contributed by atoms with van der Waals surface area (Å²) in [6.45, 7) is 0. The van der Waals surface area contributed by atoms with E-state index in [-0.39, 0.29) is 0 Å². The molecule has 0 amide bonds. The highest BCUT2D eigenvalue weighted by molar-refractivity contribution is 7.26. The normalized spacial score (nSPS) is 11.4. The van der Waals surface area contributed by atoms with Gasteiger partial charge in [0.2, 0.25) is 0 Å². The second kappa shape index (κ2) is 37.5. The first-order valence-corrected chi connectivity index (χ1v) is 49.0. The quantitative estimate of drug-likeness (QED) is 0.0754. The molecule has 0 aliphatic heterocycles. The number of pyridine rings is 2. The first-order chi connectivity index (χ1) is 70.4. The number of hydrogen-bond acceptors (Lipinski definition) is 8. The van der Waals surface area contributed by atoms with Gasteiger partial charge in [-0.05, 0) is 296 Å². The zero-order chi connectivity index (χ0) is 94.2. The van der Waals surface area contributed by atoms with Crippen molar-refractivity contribution in [3.63, 3.8) is 0 Å². The average molecular weight is 1830 g/mol. The summed E-state index contributed by atoms with van der Waals surface area (Å²) in [4.78, 5) is 18.4. The van der Waals surface area contributed by atoms with Crippen molar-refractivity contribution in [1.82, 2.24) is 9.97 Å². The van der Waals surface area contributed by atoms with E-state index in [1.807, 2.05) is 48.3 Å². The lowest BCUT2D eigenvalue weighted by atomic mass is 9.98. The van der Waals surface area contributed by atoms with Crippen LogP contribution in [0.15, 0.2) is 551 Å². The highest BCUT2D eigenvalue weighted by Gasteiger charge is 2.27. The van der Waals surface area contributed by atoms with Crippen LogP contribution in [0.3, 0.4) is 0 Å². The number of thiophene rings is 1. The lowest BCUT2D eigenvalue weighted by molar-refractivity contribution is 0.670. The Morgan fingerprint density at radius 2 is 0.486 bits per heavy atom. The van der Waals surface area contributed by atoms with Crippen molar-refractivity contribution in [3.05, 3.63) is 546 Å². The van der Waals surface area contributed by atoms with Crippen LogP contribution in [0.5, 0.6) is 0 Å². The Kier molecular flexibility index (Phi) is 22.5. The number of aromatic nitrogens is 2. The molecule has 0 bridgehead atoms. The summed E-state index contributed by atoms with van der Waals surface area (Å²) in [5.41, 5.74) is 32.1. The van der Waals surface area contributed by atoms with Crippen LogP contribution < -0.4 is 19.6 Å². The lowest BCUT2D eigenvalue weighted by Gasteiger charge is -2.31. The van der Waals surface area contributed by atoms with Crippen LogP contribution in [0.25, 0.3) is 174 Å². The van der Waals surface area contributed by atoms with Crippen LogP contribution in [-0.4, -0.2) is 9.97 Å². The molecule has 22 aromatic carbocycles. The standard InChI is InChI=1S/C68H46N4O.C66H44N2S/c1-3-13-47(14-4-1)49-25-32-57(33-26-49)71(58-34-27-50(28-35-58)54-19-11-39-69-45-54)61-42-56(64-23-10-24-65-67-63-22-8-7-17-52(63)31-38-66(67)73-68(64)65)43-62(44-61)72(59-36-29-51(30-37-59)55-20-12-40-70-46-55)60-21-9-18-53(41-60)48-15-5-2-6-16-48;1-3-19-55(20-4-1)67(56-21-5-2-6-22-56)59-42-54(62-24-13-25-63-65-61-23-12-11-16-49(61)34-39-64(65)69-66(62)63)43-60(44-59)68(57-35-30-47(31-36-57)52-28-26-45-14-7-9-17-50(45)40-52)58-37-32-48(33-38-58)53-29-27-46-15-8-10-18-51(46)41-53/h1-46H;1-44H. The Labute approximate surface area is 828 Å². The number of rotatable bonds is 20. The van der Waals surface area contributed by atoms with Crippen LogP contribution in [-0.2, 0) is 0 Å². The highest BCUT2D eigenvalue weighted by Crippen LogP contribution is 2.52. The number of anilines is 12. The summed E-state index contributed by atoms with van der Waals surface area (Å²) in [7, 11) is 0. The summed E-state index contributed by atoms with van der Waals surface area (Å²) in [5, 5.41) is 14.7. The van der Waals surface area contributed by atoms with Crippen molar-refractivity contribution >= 4 is 165 Å². The van der Waals surface area contributed by atoms with Crippen molar-refractivity contribution in [2.24, 2.45) is 0 Å². The second-order valence-corrected chi connectivity index (χ2v) is 37.1. The van der Waals surface area contributed by atoms with Gasteiger partial charge in [-0.3, -0.25) is 9.97 Å². The topological polar surface area (TPSA) is 51.9 Å². The fourth-order valence-corrected chi connectivity index (χ4v) is 21.7. The fourth-order valence-electron chi connectivity index (χ4n) is 20.5. The zero-order valence-electron chi connectivity index (χ0n) is 77.5. The molecule has 26 aromatic rings. The van der Waals surface area contributed by atoms with Crippen molar-refractivity contribution in [1.29, 1.82) is 0 Å². The Bertz CT molecular complexity index is 8880. The molecule has 0 saturated carbocycles.